The maximum atomic E-state index is 11.0. The smallest absolute Gasteiger partial charge is 0.307 e. The number of halogens is 1. The van der Waals surface area contributed by atoms with E-state index in [1.165, 1.54) is 0 Å². The van der Waals surface area contributed by atoms with Gasteiger partial charge in [0.25, 0.3) is 0 Å². The van der Waals surface area contributed by atoms with Crippen LogP contribution in [0, 0.1) is 5.92 Å². The van der Waals surface area contributed by atoms with Gasteiger partial charge in [0, 0.05) is 23.1 Å². The van der Waals surface area contributed by atoms with Crippen LogP contribution in [0.15, 0.2) is 22.7 Å². The molecule has 106 valence electrons. The minimum atomic E-state index is -0.740. The second kappa shape index (κ2) is 7.50. The highest BCUT2D eigenvalue weighted by Gasteiger charge is 2.18. The number of rotatable bonds is 7. The molecule has 0 radical (unpaired) electrons. The molecular weight excluding hydrogens is 310 g/mol. The third-order valence-corrected chi connectivity index (χ3v) is 3.55. The second-order valence-corrected chi connectivity index (χ2v) is 5.51. The summed E-state index contributed by atoms with van der Waals surface area (Å²) in [5.74, 6) is -0.253. The van der Waals surface area contributed by atoms with E-state index in [0.717, 1.165) is 15.8 Å². The zero-order valence-corrected chi connectivity index (χ0v) is 13.1. The molecule has 0 aromatic heterocycles. The average Bonchev–Trinajstić information content (AvgIpc) is 2.35. The van der Waals surface area contributed by atoms with Crippen LogP contribution in [-0.4, -0.2) is 36.7 Å². The normalized spacial score (nSPS) is 12.5. The molecule has 1 atom stereocenters. The predicted octanol–water partition coefficient (Wildman–Crippen LogP) is 3.00. The van der Waals surface area contributed by atoms with Gasteiger partial charge in [-0.15, -0.1) is 0 Å². The summed E-state index contributed by atoms with van der Waals surface area (Å²) in [6.45, 7) is 3.08. The molecule has 0 saturated heterocycles. The molecule has 0 bridgehead atoms. The Labute approximate surface area is 122 Å². The molecule has 0 spiro atoms. The summed E-state index contributed by atoms with van der Waals surface area (Å²) in [6, 6.07) is 5.83. The number of hydrogen-bond acceptors (Lipinski definition) is 3. The standard InChI is InChI=1S/C14H20BrNO3/c1-4-10(14(17)18)8-16(2)9-11-7-12(15)5-6-13(11)19-3/h5-7,10H,4,8-9H2,1-3H3,(H,17,18). The summed E-state index contributed by atoms with van der Waals surface area (Å²) in [7, 11) is 3.56. The first-order valence-electron chi connectivity index (χ1n) is 6.21. The fraction of sp³-hybridized carbons (Fsp3) is 0.500. The average molecular weight is 330 g/mol. The molecule has 1 aromatic carbocycles. The van der Waals surface area contributed by atoms with Gasteiger partial charge in [-0.25, -0.2) is 0 Å². The molecule has 1 N–H and O–H groups in total. The lowest BCUT2D eigenvalue weighted by molar-refractivity contribution is -0.142. The molecule has 0 saturated carbocycles. The minimum Gasteiger partial charge on any atom is -0.496 e. The fourth-order valence-corrected chi connectivity index (χ4v) is 2.39. The number of carboxylic acids is 1. The predicted molar refractivity (Wildman–Crippen MR) is 78.4 cm³/mol. The number of ether oxygens (including phenoxy) is 1. The number of methoxy groups -OCH3 is 1. The van der Waals surface area contributed by atoms with Gasteiger partial charge >= 0.3 is 5.97 Å². The van der Waals surface area contributed by atoms with Crippen LogP contribution in [0.2, 0.25) is 0 Å². The van der Waals surface area contributed by atoms with Gasteiger partial charge in [0.2, 0.25) is 0 Å². The largest absolute Gasteiger partial charge is 0.496 e. The molecule has 1 unspecified atom stereocenters. The molecule has 1 aromatic rings. The number of carboxylic acid groups (broad SMARTS) is 1. The summed E-state index contributed by atoms with van der Waals surface area (Å²) >= 11 is 3.43. The summed E-state index contributed by atoms with van der Waals surface area (Å²) < 4.78 is 6.30. The van der Waals surface area contributed by atoms with E-state index in [4.69, 9.17) is 9.84 Å². The van der Waals surface area contributed by atoms with Gasteiger partial charge in [-0.2, -0.15) is 0 Å². The number of benzene rings is 1. The van der Waals surface area contributed by atoms with Crippen molar-refractivity contribution >= 4 is 21.9 Å². The highest BCUT2D eigenvalue weighted by molar-refractivity contribution is 9.10. The Bertz CT molecular complexity index is 437. The lowest BCUT2D eigenvalue weighted by atomic mass is 10.1. The molecule has 19 heavy (non-hydrogen) atoms. The molecule has 0 heterocycles. The number of carbonyl (C=O) groups is 1. The lowest BCUT2D eigenvalue weighted by Gasteiger charge is -2.21. The van der Waals surface area contributed by atoms with Crippen molar-refractivity contribution in [2.45, 2.75) is 19.9 Å². The van der Waals surface area contributed by atoms with Crippen molar-refractivity contribution < 1.29 is 14.6 Å². The van der Waals surface area contributed by atoms with E-state index < -0.39 is 5.97 Å². The van der Waals surface area contributed by atoms with Crippen molar-refractivity contribution in [1.29, 1.82) is 0 Å². The SMILES string of the molecule is CCC(CN(C)Cc1cc(Br)ccc1OC)C(=O)O. The quantitative estimate of drug-likeness (QED) is 0.835. The van der Waals surface area contributed by atoms with Crippen molar-refractivity contribution in [2.75, 3.05) is 20.7 Å². The maximum Gasteiger partial charge on any atom is 0.307 e. The zero-order valence-electron chi connectivity index (χ0n) is 11.5. The van der Waals surface area contributed by atoms with Crippen LogP contribution in [0.1, 0.15) is 18.9 Å². The Morgan fingerprint density at radius 1 is 1.53 bits per heavy atom. The van der Waals surface area contributed by atoms with E-state index in [-0.39, 0.29) is 5.92 Å². The Balaban J connectivity index is 2.73. The molecule has 0 aliphatic heterocycles. The molecule has 1 rings (SSSR count). The first-order chi connectivity index (χ1) is 8.97. The van der Waals surface area contributed by atoms with Gasteiger partial charge < -0.3 is 14.7 Å². The van der Waals surface area contributed by atoms with Gasteiger partial charge in [0.15, 0.2) is 0 Å². The number of nitrogens with zero attached hydrogens (tertiary/aromatic N) is 1. The fourth-order valence-electron chi connectivity index (χ4n) is 1.98. The first kappa shape index (κ1) is 16.0. The van der Waals surface area contributed by atoms with Gasteiger partial charge in [-0.3, -0.25) is 4.79 Å². The second-order valence-electron chi connectivity index (χ2n) is 4.60. The monoisotopic (exact) mass is 329 g/mol. The topological polar surface area (TPSA) is 49.8 Å². The van der Waals surface area contributed by atoms with Crippen LogP contribution in [0.25, 0.3) is 0 Å². The van der Waals surface area contributed by atoms with Crippen LogP contribution >= 0.6 is 15.9 Å². The zero-order chi connectivity index (χ0) is 14.4. The third-order valence-electron chi connectivity index (χ3n) is 3.06. The summed E-state index contributed by atoms with van der Waals surface area (Å²) in [5, 5.41) is 9.07. The van der Waals surface area contributed by atoms with E-state index in [2.05, 4.69) is 15.9 Å². The maximum absolute atomic E-state index is 11.0. The first-order valence-corrected chi connectivity index (χ1v) is 7.01. The minimum absolute atomic E-state index is 0.330. The molecule has 0 aliphatic rings. The molecule has 0 aliphatic carbocycles. The van der Waals surface area contributed by atoms with Gasteiger partial charge in [0.1, 0.15) is 5.75 Å². The Hall–Kier alpha value is -1.07. The van der Waals surface area contributed by atoms with Gasteiger partial charge in [-0.05, 0) is 31.7 Å². The van der Waals surface area contributed by atoms with Gasteiger partial charge in [0.05, 0.1) is 13.0 Å². The summed E-state index contributed by atoms with van der Waals surface area (Å²) in [6.07, 6.45) is 0.634. The Morgan fingerprint density at radius 3 is 2.74 bits per heavy atom. The van der Waals surface area contributed by atoms with Crippen LogP contribution < -0.4 is 4.74 Å². The number of aliphatic carboxylic acids is 1. The van der Waals surface area contributed by atoms with Crippen LogP contribution in [0.3, 0.4) is 0 Å². The summed E-state index contributed by atoms with van der Waals surface area (Å²) in [4.78, 5) is 13.0. The highest BCUT2D eigenvalue weighted by atomic mass is 79.9. The summed E-state index contributed by atoms with van der Waals surface area (Å²) in [5.41, 5.74) is 1.04. The van der Waals surface area contributed by atoms with Crippen molar-refractivity contribution in [3.8, 4) is 5.75 Å². The Kier molecular flexibility index (Phi) is 6.31. The van der Waals surface area contributed by atoms with Crippen molar-refractivity contribution in [1.82, 2.24) is 4.90 Å². The van der Waals surface area contributed by atoms with Crippen LogP contribution in [0.4, 0.5) is 0 Å². The van der Waals surface area contributed by atoms with E-state index in [0.29, 0.717) is 19.5 Å². The van der Waals surface area contributed by atoms with Crippen LogP contribution in [0.5, 0.6) is 5.75 Å². The molecular formula is C14H20BrNO3. The highest BCUT2D eigenvalue weighted by Crippen LogP contribution is 2.24. The molecule has 5 heteroatoms. The van der Waals surface area contributed by atoms with E-state index in [1.54, 1.807) is 7.11 Å². The number of hydrogen-bond donors (Lipinski definition) is 1. The van der Waals surface area contributed by atoms with Crippen molar-refractivity contribution in [3.63, 3.8) is 0 Å². The van der Waals surface area contributed by atoms with Crippen LogP contribution in [-0.2, 0) is 11.3 Å². The lowest BCUT2D eigenvalue weighted by Crippen LogP contribution is -2.29. The van der Waals surface area contributed by atoms with Gasteiger partial charge in [-0.1, -0.05) is 22.9 Å². The molecule has 4 nitrogen and oxygen atoms in total. The Morgan fingerprint density at radius 2 is 2.21 bits per heavy atom. The van der Waals surface area contributed by atoms with Crippen molar-refractivity contribution in [2.24, 2.45) is 5.92 Å². The third kappa shape index (κ3) is 4.84. The van der Waals surface area contributed by atoms with E-state index in [1.807, 2.05) is 37.1 Å². The van der Waals surface area contributed by atoms with E-state index in [9.17, 15) is 4.79 Å². The molecule has 0 fully saturated rings. The van der Waals surface area contributed by atoms with Crippen molar-refractivity contribution in [3.05, 3.63) is 28.2 Å². The molecule has 0 amide bonds. The van der Waals surface area contributed by atoms with E-state index >= 15 is 0 Å².